The molecule has 2 unspecified atom stereocenters. The van der Waals surface area contributed by atoms with Crippen LogP contribution in [0.3, 0.4) is 0 Å². The van der Waals surface area contributed by atoms with Crippen LogP contribution >= 0.6 is 15.2 Å². The molecule has 2 atom stereocenters. The second-order valence-electron chi connectivity index (χ2n) is 6.94. The standard InChI is InChI=1S/C12H27NO7P2/c1-10-6-5-9-13(2,3)11(10)7-4-8-12(14,21(15,16)17)22(18,19)20/h10-11,14H,4-9H2,1-3H3,(H3-,15,16,17,18,19,20)/p+1. The van der Waals surface area contributed by atoms with Crippen molar-refractivity contribution in [1.82, 2.24) is 0 Å². The number of quaternary nitrogens is 1. The number of aliphatic hydroxyl groups is 1. The molecule has 1 aliphatic rings. The lowest BCUT2D eigenvalue weighted by molar-refractivity contribution is -0.924. The molecule has 1 rings (SSSR count). The molecule has 22 heavy (non-hydrogen) atoms. The maximum Gasteiger partial charge on any atom is 0.369 e. The Labute approximate surface area is 131 Å². The van der Waals surface area contributed by atoms with Gasteiger partial charge in [-0.2, -0.15) is 0 Å². The Hall–Kier alpha value is 0.220. The fourth-order valence-corrected chi connectivity index (χ4v) is 5.77. The van der Waals surface area contributed by atoms with Crippen molar-refractivity contribution in [2.45, 2.75) is 50.2 Å². The van der Waals surface area contributed by atoms with Crippen molar-refractivity contribution >= 4 is 15.2 Å². The molecular formula is C12H28NO7P2+. The summed E-state index contributed by atoms with van der Waals surface area (Å²) in [6.07, 6.45) is 2.25. The lowest BCUT2D eigenvalue weighted by atomic mass is 9.86. The fraction of sp³-hybridized carbons (Fsp3) is 1.00. The van der Waals surface area contributed by atoms with Gasteiger partial charge in [0.15, 0.2) is 0 Å². The van der Waals surface area contributed by atoms with Gasteiger partial charge in [-0.15, -0.1) is 0 Å². The van der Waals surface area contributed by atoms with Crippen LogP contribution < -0.4 is 0 Å². The molecule has 0 aliphatic carbocycles. The summed E-state index contributed by atoms with van der Waals surface area (Å²) in [5.41, 5.74) is 0. The molecule has 0 bridgehead atoms. The van der Waals surface area contributed by atoms with Crippen molar-refractivity contribution in [3.8, 4) is 0 Å². The largest absolute Gasteiger partial charge is 0.369 e. The van der Waals surface area contributed by atoms with E-state index in [1.54, 1.807) is 0 Å². The van der Waals surface area contributed by atoms with Crippen LogP contribution in [0, 0.1) is 5.92 Å². The smallest absolute Gasteiger partial charge is 0.368 e. The average Bonchev–Trinajstić information content (AvgIpc) is 2.29. The maximum atomic E-state index is 11.3. The summed E-state index contributed by atoms with van der Waals surface area (Å²) in [5.74, 6) is 0.418. The van der Waals surface area contributed by atoms with E-state index in [4.69, 9.17) is 19.6 Å². The lowest BCUT2D eigenvalue weighted by Crippen LogP contribution is -2.55. The predicted octanol–water partition coefficient (Wildman–Crippen LogP) is 1.03. The zero-order valence-electron chi connectivity index (χ0n) is 13.3. The van der Waals surface area contributed by atoms with Gasteiger partial charge in [-0.3, -0.25) is 9.13 Å². The van der Waals surface area contributed by atoms with Crippen LogP contribution in [-0.2, 0) is 9.13 Å². The van der Waals surface area contributed by atoms with E-state index in [0.717, 1.165) is 23.9 Å². The molecule has 10 heteroatoms. The summed E-state index contributed by atoms with van der Waals surface area (Å²) >= 11 is 0. The van der Waals surface area contributed by atoms with E-state index in [1.807, 2.05) is 0 Å². The third-order valence-electron chi connectivity index (χ3n) is 4.89. The molecule has 5 N–H and O–H groups in total. The Morgan fingerprint density at radius 1 is 1.14 bits per heavy atom. The SMILES string of the molecule is CC1CCC[N+](C)(C)C1CCCC(O)(P(=O)(O)O)P(=O)(O)O. The summed E-state index contributed by atoms with van der Waals surface area (Å²) in [5, 5.41) is 6.60. The third-order valence-corrected chi connectivity index (χ3v) is 8.77. The average molecular weight is 360 g/mol. The first-order valence-corrected chi connectivity index (χ1v) is 10.6. The van der Waals surface area contributed by atoms with Crippen LogP contribution in [-0.4, -0.2) is 60.9 Å². The van der Waals surface area contributed by atoms with E-state index in [-0.39, 0.29) is 12.5 Å². The molecule has 8 nitrogen and oxygen atoms in total. The molecule has 1 heterocycles. The highest BCUT2D eigenvalue weighted by Gasteiger charge is 2.58. The highest BCUT2D eigenvalue weighted by molar-refractivity contribution is 7.72. The van der Waals surface area contributed by atoms with Gasteiger partial charge < -0.3 is 29.2 Å². The highest BCUT2D eigenvalue weighted by atomic mass is 31.2. The molecule has 0 aromatic carbocycles. The number of nitrogens with zero attached hydrogens (tertiary/aromatic N) is 1. The van der Waals surface area contributed by atoms with E-state index >= 15 is 0 Å². The van der Waals surface area contributed by atoms with E-state index < -0.39 is 26.7 Å². The number of hydrogen-bond donors (Lipinski definition) is 5. The van der Waals surface area contributed by atoms with Crippen molar-refractivity contribution in [3.63, 3.8) is 0 Å². The molecule has 0 amide bonds. The maximum absolute atomic E-state index is 11.3. The Balaban J connectivity index is 2.80. The summed E-state index contributed by atoms with van der Waals surface area (Å²) in [6.45, 7) is 3.11. The lowest BCUT2D eigenvalue weighted by Gasteiger charge is -2.45. The van der Waals surface area contributed by atoms with Gasteiger partial charge in [-0.25, -0.2) is 0 Å². The van der Waals surface area contributed by atoms with Gasteiger partial charge in [0.25, 0.3) is 5.08 Å². The van der Waals surface area contributed by atoms with Crippen LogP contribution in [0.15, 0.2) is 0 Å². The van der Waals surface area contributed by atoms with Gasteiger partial charge in [0, 0.05) is 12.3 Å². The summed E-state index contributed by atoms with van der Waals surface area (Å²) < 4.78 is 23.4. The van der Waals surface area contributed by atoms with Gasteiger partial charge in [-0.1, -0.05) is 6.92 Å². The van der Waals surface area contributed by atoms with Crippen molar-refractivity contribution in [3.05, 3.63) is 0 Å². The van der Waals surface area contributed by atoms with Crippen molar-refractivity contribution in [1.29, 1.82) is 0 Å². The van der Waals surface area contributed by atoms with Crippen LogP contribution in [0.1, 0.15) is 39.0 Å². The molecule has 1 fully saturated rings. The molecule has 132 valence electrons. The number of hydrogen-bond acceptors (Lipinski definition) is 3. The molecule has 0 spiro atoms. The topological polar surface area (TPSA) is 135 Å². The molecule has 0 aromatic rings. The zero-order chi connectivity index (χ0) is 17.4. The highest BCUT2D eigenvalue weighted by Crippen LogP contribution is 2.69. The van der Waals surface area contributed by atoms with Crippen LogP contribution in [0.2, 0.25) is 0 Å². The van der Waals surface area contributed by atoms with Gasteiger partial charge in [0.2, 0.25) is 0 Å². The molecule has 1 aliphatic heterocycles. The molecule has 0 aromatic heterocycles. The van der Waals surface area contributed by atoms with Crippen molar-refractivity contribution in [2.75, 3.05) is 20.6 Å². The van der Waals surface area contributed by atoms with Gasteiger partial charge in [0.1, 0.15) is 0 Å². The first-order valence-electron chi connectivity index (χ1n) is 7.39. The Morgan fingerprint density at radius 3 is 2.05 bits per heavy atom. The number of likely N-dealkylation sites (tertiary alicyclic amines) is 1. The van der Waals surface area contributed by atoms with Gasteiger partial charge in [-0.05, 0) is 25.7 Å². The van der Waals surface area contributed by atoms with Gasteiger partial charge in [0.05, 0.1) is 26.7 Å². The first-order chi connectivity index (χ1) is 9.72. The van der Waals surface area contributed by atoms with Gasteiger partial charge >= 0.3 is 15.2 Å². The van der Waals surface area contributed by atoms with E-state index in [9.17, 15) is 14.2 Å². The molecule has 1 saturated heterocycles. The molecule has 0 radical (unpaired) electrons. The third kappa shape index (κ3) is 4.19. The fourth-order valence-electron chi connectivity index (χ4n) is 3.51. The Morgan fingerprint density at radius 2 is 1.64 bits per heavy atom. The molecular weight excluding hydrogens is 332 g/mol. The minimum atomic E-state index is -5.34. The van der Waals surface area contributed by atoms with Crippen LogP contribution in [0.4, 0.5) is 0 Å². The Kier molecular flexibility index (Phi) is 6.09. The normalized spacial score (nSPS) is 26.9. The number of rotatable bonds is 6. The summed E-state index contributed by atoms with van der Waals surface area (Å²) in [6, 6.07) is 0.242. The Bertz CT molecular complexity index is 462. The minimum absolute atomic E-state index is 0.142. The summed E-state index contributed by atoms with van der Waals surface area (Å²) in [7, 11) is -6.51. The van der Waals surface area contributed by atoms with E-state index in [1.165, 1.54) is 0 Å². The van der Waals surface area contributed by atoms with Crippen LogP contribution in [0.25, 0.3) is 0 Å². The quantitative estimate of drug-likeness (QED) is 0.353. The van der Waals surface area contributed by atoms with Crippen LogP contribution in [0.5, 0.6) is 0 Å². The second-order valence-corrected chi connectivity index (χ2v) is 11.0. The second kappa shape index (κ2) is 6.61. The first kappa shape index (κ1) is 20.3. The zero-order valence-corrected chi connectivity index (χ0v) is 15.1. The predicted molar refractivity (Wildman–Crippen MR) is 82.1 cm³/mol. The van der Waals surface area contributed by atoms with E-state index in [2.05, 4.69) is 21.0 Å². The summed E-state index contributed by atoms with van der Waals surface area (Å²) in [4.78, 5) is 36.5. The monoisotopic (exact) mass is 360 g/mol. The van der Waals surface area contributed by atoms with E-state index in [0.29, 0.717) is 12.3 Å². The van der Waals surface area contributed by atoms with Crippen molar-refractivity contribution < 1.29 is 38.3 Å². The minimum Gasteiger partial charge on any atom is -0.368 e. The molecule has 0 saturated carbocycles. The number of piperidine rings is 1. The van der Waals surface area contributed by atoms with Crippen molar-refractivity contribution in [2.24, 2.45) is 5.92 Å².